The van der Waals surface area contributed by atoms with Crippen LogP contribution in [0.25, 0.3) is 0 Å². The first-order valence-corrected chi connectivity index (χ1v) is 11.0. The van der Waals surface area contributed by atoms with Gasteiger partial charge in [0.1, 0.15) is 0 Å². The minimum Gasteiger partial charge on any atom is -0.481 e. The number of aliphatic hydroxyl groups is 2. The second-order valence-corrected chi connectivity index (χ2v) is 8.60. The molecule has 0 amide bonds. The normalized spacial score (nSPS) is 30.1. The zero-order valence-electron chi connectivity index (χ0n) is 17.4. The van der Waals surface area contributed by atoms with Gasteiger partial charge in [-0.2, -0.15) is 0 Å². The van der Waals surface area contributed by atoms with Gasteiger partial charge in [0, 0.05) is 25.4 Å². The largest absolute Gasteiger partial charge is 0.481 e. The average Bonchev–Trinajstić information content (AvgIpc) is 2.89. The molecular formula is C24H34O6. The van der Waals surface area contributed by atoms with E-state index in [1.807, 2.05) is 36.4 Å². The topological polar surface area (TPSA) is 96.2 Å². The second kappa shape index (κ2) is 11.6. The van der Waals surface area contributed by atoms with E-state index in [4.69, 9.17) is 14.6 Å². The molecule has 1 aromatic rings. The summed E-state index contributed by atoms with van der Waals surface area (Å²) in [5, 5.41) is 29.6. The fourth-order valence-corrected chi connectivity index (χ4v) is 4.67. The van der Waals surface area contributed by atoms with E-state index >= 15 is 0 Å². The lowest BCUT2D eigenvalue weighted by atomic mass is 9.86. The maximum absolute atomic E-state index is 10.7. The van der Waals surface area contributed by atoms with E-state index in [1.54, 1.807) is 6.08 Å². The Labute approximate surface area is 178 Å². The van der Waals surface area contributed by atoms with Crippen molar-refractivity contribution in [3.05, 3.63) is 48.0 Å². The number of carboxylic acids is 1. The number of fused-ring (bicyclic) bond motifs is 1. The van der Waals surface area contributed by atoms with Crippen molar-refractivity contribution in [2.45, 2.75) is 63.4 Å². The molecule has 1 saturated heterocycles. The third kappa shape index (κ3) is 6.91. The third-order valence-electron chi connectivity index (χ3n) is 6.30. The lowest BCUT2D eigenvalue weighted by Gasteiger charge is -2.21. The van der Waals surface area contributed by atoms with Crippen LogP contribution in [0.5, 0.6) is 0 Å². The summed E-state index contributed by atoms with van der Waals surface area (Å²) in [7, 11) is 0. The predicted molar refractivity (Wildman–Crippen MR) is 113 cm³/mol. The molecule has 1 aromatic carbocycles. The Morgan fingerprint density at radius 2 is 2.07 bits per heavy atom. The molecule has 3 N–H and O–H groups in total. The molecule has 3 rings (SSSR count). The predicted octanol–water partition coefficient (Wildman–Crippen LogP) is 3.17. The van der Waals surface area contributed by atoms with E-state index in [9.17, 15) is 15.0 Å². The number of ether oxygens (including phenoxy) is 2. The minimum atomic E-state index is -0.749. The number of benzene rings is 1. The van der Waals surface area contributed by atoms with Crippen molar-refractivity contribution in [1.29, 1.82) is 0 Å². The Morgan fingerprint density at radius 3 is 2.83 bits per heavy atom. The first-order chi connectivity index (χ1) is 14.5. The van der Waals surface area contributed by atoms with Crippen molar-refractivity contribution >= 4 is 5.97 Å². The van der Waals surface area contributed by atoms with Gasteiger partial charge in [-0.3, -0.25) is 4.79 Å². The van der Waals surface area contributed by atoms with Crippen LogP contribution in [0.1, 0.15) is 44.1 Å². The van der Waals surface area contributed by atoms with Crippen molar-refractivity contribution in [2.75, 3.05) is 13.2 Å². The van der Waals surface area contributed by atoms with Crippen LogP contribution in [0.15, 0.2) is 42.5 Å². The Hall–Kier alpha value is -1.73. The molecule has 0 radical (unpaired) electrons. The van der Waals surface area contributed by atoms with Gasteiger partial charge in [-0.05, 0) is 43.1 Å². The maximum atomic E-state index is 10.7. The van der Waals surface area contributed by atoms with Gasteiger partial charge >= 0.3 is 5.97 Å². The van der Waals surface area contributed by atoms with Crippen LogP contribution in [-0.2, 0) is 20.9 Å². The van der Waals surface area contributed by atoms with Gasteiger partial charge in [0.05, 0.1) is 31.5 Å². The van der Waals surface area contributed by atoms with Gasteiger partial charge < -0.3 is 24.8 Å². The van der Waals surface area contributed by atoms with E-state index in [2.05, 4.69) is 0 Å². The highest BCUT2D eigenvalue weighted by Crippen LogP contribution is 2.41. The van der Waals surface area contributed by atoms with Crippen LogP contribution < -0.4 is 0 Å². The smallest absolute Gasteiger partial charge is 0.303 e. The molecule has 30 heavy (non-hydrogen) atoms. The molecule has 0 aromatic heterocycles. The van der Waals surface area contributed by atoms with E-state index in [-0.39, 0.29) is 31.0 Å². The molecule has 1 aliphatic heterocycles. The maximum Gasteiger partial charge on any atom is 0.303 e. The minimum absolute atomic E-state index is 0.0310. The van der Waals surface area contributed by atoms with Crippen LogP contribution in [0, 0.1) is 17.8 Å². The van der Waals surface area contributed by atoms with Gasteiger partial charge in [0.2, 0.25) is 0 Å². The molecule has 166 valence electrons. The fraction of sp³-hybridized carbons (Fsp3) is 0.625. The van der Waals surface area contributed by atoms with E-state index < -0.39 is 18.2 Å². The number of aliphatic hydroxyl groups excluding tert-OH is 2. The molecule has 0 spiro atoms. The van der Waals surface area contributed by atoms with Gasteiger partial charge in [0.25, 0.3) is 0 Å². The molecule has 6 nitrogen and oxygen atoms in total. The van der Waals surface area contributed by atoms with Gasteiger partial charge in [-0.15, -0.1) is 0 Å². The summed E-state index contributed by atoms with van der Waals surface area (Å²) >= 11 is 0. The van der Waals surface area contributed by atoms with Gasteiger partial charge in [0.15, 0.2) is 0 Å². The van der Waals surface area contributed by atoms with Gasteiger partial charge in [-0.1, -0.05) is 42.5 Å². The molecule has 2 fully saturated rings. The molecule has 1 aliphatic carbocycles. The molecule has 2 aliphatic rings. The first kappa shape index (κ1) is 22.9. The lowest BCUT2D eigenvalue weighted by Crippen LogP contribution is -2.22. The molecule has 1 heterocycles. The average molecular weight is 419 g/mol. The highest BCUT2D eigenvalue weighted by molar-refractivity contribution is 5.66. The molecule has 3 unspecified atom stereocenters. The highest BCUT2D eigenvalue weighted by Gasteiger charge is 2.43. The molecular weight excluding hydrogens is 384 g/mol. The molecule has 6 heteroatoms. The summed E-state index contributed by atoms with van der Waals surface area (Å²) in [6.07, 6.45) is 6.83. The number of rotatable bonds is 10. The Morgan fingerprint density at radius 1 is 1.27 bits per heavy atom. The first-order valence-electron chi connectivity index (χ1n) is 11.0. The van der Waals surface area contributed by atoms with Crippen LogP contribution in [0.3, 0.4) is 0 Å². The summed E-state index contributed by atoms with van der Waals surface area (Å²) in [4.78, 5) is 10.7. The summed E-state index contributed by atoms with van der Waals surface area (Å²) < 4.78 is 11.7. The van der Waals surface area contributed by atoms with Crippen molar-refractivity contribution < 1.29 is 29.6 Å². The van der Waals surface area contributed by atoms with Gasteiger partial charge in [-0.25, -0.2) is 0 Å². The number of aliphatic carboxylic acids is 1. The Balaban J connectivity index is 1.45. The molecule has 1 saturated carbocycles. The van der Waals surface area contributed by atoms with E-state index in [0.29, 0.717) is 32.0 Å². The fourth-order valence-electron chi connectivity index (χ4n) is 4.67. The third-order valence-corrected chi connectivity index (χ3v) is 6.30. The van der Waals surface area contributed by atoms with Crippen LogP contribution in [-0.4, -0.2) is 52.8 Å². The van der Waals surface area contributed by atoms with Crippen molar-refractivity contribution in [3.8, 4) is 0 Å². The van der Waals surface area contributed by atoms with Crippen LogP contribution >= 0.6 is 0 Å². The monoisotopic (exact) mass is 418 g/mol. The Kier molecular flexibility index (Phi) is 8.88. The zero-order chi connectivity index (χ0) is 21.3. The van der Waals surface area contributed by atoms with Crippen LogP contribution in [0.2, 0.25) is 0 Å². The molecule has 6 atom stereocenters. The van der Waals surface area contributed by atoms with Crippen molar-refractivity contribution in [1.82, 2.24) is 0 Å². The van der Waals surface area contributed by atoms with E-state index in [0.717, 1.165) is 24.8 Å². The lowest BCUT2D eigenvalue weighted by molar-refractivity contribution is -0.137. The summed E-state index contributed by atoms with van der Waals surface area (Å²) in [5.41, 5.74) is 1.07. The number of hydrogen-bond donors (Lipinski definition) is 3. The summed E-state index contributed by atoms with van der Waals surface area (Å²) in [6.45, 7) is 1.31. The Bertz CT molecular complexity index is 676. The van der Waals surface area contributed by atoms with E-state index in [1.165, 1.54) is 0 Å². The summed E-state index contributed by atoms with van der Waals surface area (Å²) in [5.74, 6) is -0.163. The number of carbonyl (C=O) groups is 1. The quantitative estimate of drug-likeness (QED) is 0.505. The SMILES string of the molecule is O=C(O)CCCC1CC[C@@H]2C(/C=C/C(O)COCc3ccccc3)[C@H](O)C[C@@H]2OC1. The molecule has 0 bridgehead atoms. The number of carboxylic acid groups (broad SMARTS) is 1. The number of hydrogen-bond acceptors (Lipinski definition) is 5. The second-order valence-electron chi connectivity index (χ2n) is 8.60. The van der Waals surface area contributed by atoms with Crippen LogP contribution in [0.4, 0.5) is 0 Å². The standard InChI is InChI=1S/C24H34O6/c25-19(16-29-14-17-5-2-1-3-6-17)10-12-20-21-11-9-18(7-4-8-24(27)28)15-30-23(21)13-22(20)26/h1-3,5-6,10,12,18-23,25-26H,4,7-9,11,13-16H2,(H,27,28)/b12-10+/t18?,19?,20?,21-,22-,23+/m1/s1. The van der Waals surface area contributed by atoms with Crippen molar-refractivity contribution in [3.63, 3.8) is 0 Å². The highest BCUT2D eigenvalue weighted by atomic mass is 16.5. The summed E-state index contributed by atoms with van der Waals surface area (Å²) in [6, 6.07) is 9.84. The van der Waals surface area contributed by atoms with Crippen molar-refractivity contribution in [2.24, 2.45) is 17.8 Å². The zero-order valence-corrected chi connectivity index (χ0v) is 17.4.